The number of nitrogens with two attached hydrogens (primary N) is 5. The van der Waals surface area contributed by atoms with Crippen molar-refractivity contribution in [1.82, 2.24) is 87.2 Å². The van der Waals surface area contributed by atoms with Crippen LogP contribution in [0.5, 0.6) is 0 Å². The maximum absolute atomic E-state index is 17.3. The van der Waals surface area contributed by atoms with Crippen molar-refractivity contribution < 1.29 is 167 Å². The SMILES string of the molecule is CO[C@H]1C(OP(=O)(O)OC[C@H]2O[C@@H](n3cnc4c(N)ncnc43)[C@@H](OC)C2OP(=O)(O)OC[C@H]2O[C@@H](n3cnc4c(N)ncnc43)[C@@H](OC)C2OP(=O)(O)OC)[C@@H](COP(=O)(O)OC2[C@@H](COP(=O)(O)OC3[C@@H](COP(=O)(O)OC4[C@@H](C)O[C@@H](n5ccc(N)nc5=O)[C@H]4F)O[C@@H](n4cnc5c(N)ncnc54)[C@H]3F)O[C@@H](n3ccc(=O)[nH]c3=O)[C@H]2F)O[C@H]1n1ccc(N)nc1=O. The highest BCUT2D eigenvalue weighted by atomic mass is 31.2. The van der Waals surface area contributed by atoms with Crippen molar-refractivity contribution in [1.29, 1.82) is 0 Å². The van der Waals surface area contributed by atoms with Crippen molar-refractivity contribution in [2.45, 2.75) is 154 Å². The van der Waals surface area contributed by atoms with Gasteiger partial charge in [-0.05, 0) is 19.1 Å². The molecular weight excluding hydrogens is 1890 g/mol. The van der Waals surface area contributed by atoms with Crippen molar-refractivity contribution in [2.75, 3.05) is 90.1 Å². The summed E-state index contributed by atoms with van der Waals surface area (Å²) in [6.07, 6.45) is -39.5. The Balaban J connectivity index is 0.663. The molecule has 60 nitrogen and oxygen atoms in total. The summed E-state index contributed by atoms with van der Waals surface area (Å²) in [5.41, 5.74) is 24.5. The Hall–Kier alpha value is -8.82. The van der Waals surface area contributed by atoms with Gasteiger partial charge in [0.1, 0.15) is 133 Å². The van der Waals surface area contributed by atoms with Crippen LogP contribution in [-0.2, 0) is 124 Å². The van der Waals surface area contributed by atoms with Gasteiger partial charge in [0.15, 0.2) is 90.3 Å². The van der Waals surface area contributed by atoms with E-state index in [0.29, 0.717) is 26.0 Å². The molecular formula is C61H78F3N23O37P6. The van der Waals surface area contributed by atoms with E-state index in [9.17, 15) is 75.9 Å². The molecule has 69 heteroatoms. The van der Waals surface area contributed by atoms with Gasteiger partial charge >= 0.3 is 64.0 Å². The second-order valence-corrected chi connectivity index (χ2v) is 37.3. The van der Waals surface area contributed by atoms with Gasteiger partial charge in [0.2, 0.25) is 0 Å². The van der Waals surface area contributed by atoms with Crippen LogP contribution in [0, 0.1) is 0 Å². The van der Waals surface area contributed by atoms with Crippen LogP contribution in [0.15, 0.2) is 93.9 Å². The Bertz CT molecular complexity index is 6230. The number of aromatic nitrogens is 18. The zero-order valence-corrected chi connectivity index (χ0v) is 72.3. The highest BCUT2D eigenvalue weighted by molar-refractivity contribution is 7.48. The van der Waals surface area contributed by atoms with Gasteiger partial charge in [0.25, 0.3) is 5.56 Å². The first kappa shape index (κ1) is 95.8. The van der Waals surface area contributed by atoms with Crippen molar-refractivity contribution in [2.24, 2.45) is 0 Å². The minimum Gasteiger partial charge on any atom is -0.383 e. The van der Waals surface area contributed by atoms with Gasteiger partial charge < -0.3 is 101 Å². The second kappa shape index (κ2) is 37.9. The summed E-state index contributed by atoms with van der Waals surface area (Å²) in [7, 11) is -30.3. The number of H-pyrrole nitrogens is 1. The minimum absolute atomic E-state index is 0.0102. The van der Waals surface area contributed by atoms with E-state index in [-0.39, 0.29) is 62.6 Å². The fourth-order valence-electron chi connectivity index (χ4n) is 14.8. The molecule has 9 aromatic rings. The lowest BCUT2D eigenvalue weighted by atomic mass is 10.1. The first-order valence-electron chi connectivity index (χ1n) is 37.6. The van der Waals surface area contributed by atoms with Gasteiger partial charge in [0.05, 0.1) is 58.1 Å². The Morgan fingerprint density at radius 3 is 1.02 bits per heavy atom. The number of rotatable bonds is 37. The molecule has 6 aliphatic rings. The molecule has 17 N–H and O–H groups in total. The zero-order chi connectivity index (χ0) is 93.3. The van der Waals surface area contributed by atoms with E-state index in [1.807, 2.05) is 4.98 Å². The highest BCUT2D eigenvalue weighted by Gasteiger charge is 2.59. The van der Waals surface area contributed by atoms with Gasteiger partial charge in [-0.25, -0.2) is 99.8 Å². The molecule has 710 valence electrons. The number of nitrogens with zero attached hydrogens (tertiary/aromatic N) is 17. The number of phosphoric ester groups is 6. The molecule has 6 aliphatic heterocycles. The van der Waals surface area contributed by atoms with Crippen LogP contribution in [0.4, 0.5) is 42.3 Å². The van der Waals surface area contributed by atoms with Crippen LogP contribution in [0.25, 0.3) is 33.5 Å². The summed E-state index contributed by atoms with van der Waals surface area (Å²) in [6.45, 7) is -5.44. The van der Waals surface area contributed by atoms with Crippen LogP contribution in [0.1, 0.15) is 44.3 Å². The predicted octanol–water partition coefficient (Wildman–Crippen LogP) is -1.41. The van der Waals surface area contributed by atoms with Crippen molar-refractivity contribution >= 4 is 110 Å². The number of phosphoric acid groups is 6. The van der Waals surface area contributed by atoms with Crippen molar-refractivity contribution in [3.63, 3.8) is 0 Å². The Morgan fingerprint density at radius 2 is 0.669 bits per heavy atom. The number of nitrogen functional groups attached to an aromatic ring is 5. The van der Waals surface area contributed by atoms with E-state index in [2.05, 4.69) is 59.3 Å². The standard InChI is InChI=1S/C61H78F3N23O37P6/c1-23-38(32(62)53(113-23)82-9-6-29(65)79-59(82)89)119-126(94,95)108-13-25-40(34(64)55(115-25)85-20-76-35-47(67)70-17-73-50(35)85)121-127(96,97)109-12-24-39(33(63)54(114-24)83-11-8-31(88)81-61(83)91)120-128(98,99)110-15-27-42(44(104-2)56(116-27)84-10-7-30(66)80-60(84)90)123-129(100,101)112-16-28-43(46(106-4)58(118-28)87-22-78-37-49(69)72-19-75-52(37)87)124-130(102,103)111-14-26-41(122-125(92,93)107-5)45(105-3)57(117-26)86-21-77-36-48(68)71-18-74-51(36)86/h6-11,17-28,32-34,38-46,53-58H,12-16H2,1-5H3,(H,92,93)(H,94,95)(H,96,97)(H,98,99)(H,100,101)(H,102,103)(H2,65,79,89)(H2,66,80,90)(H2,67,70,73)(H2,68,71,74)(H2,69,72,75)(H,81,88,91)/t23-,24-,25-,26-,27-,28-,32+,33+,34+,38?,39?,40?,41?,42?,43?,44+,45+,46+,53-,54-,55-,56-,57-,58-/m1/s1. The molecule has 0 spiro atoms. The van der Waals surface area contributed by atoms with E-state index in [0.717, 1.165) is 89.2 Å². The molecule has 30 atom stereocenters. The monoisotopic (exact) mass is 1970 g/mol. The molecule has 15 rings (SSSR count). The smallest absolute Gasteiger partial charge is 0.383 e. The van der Waals surface area contributed by atoms with Gasteiger partial charge in [-0.1, -0.05) is 0 Å². The van der Waals surface area contributed by atoms with Gasteiger partial charge in [-0.15, -0.1) is 0 Å². The van der Waals surface area contributed by atoms with Crippen LogP contribution >= 0.6 is 46.9 Å². The number of anilines is 5. The van der Waals surface area contributed by atoms with Crippen molar-refractivity contribution in [3.8, 4) is 0 Å². The number of nitrogens with one attached hydrogen (secondary N) is 1. The average molecular weight is 1970 g/mol. The average Bonchev–Trinajstić information content (AvgIpc) is 1.61. The van der Waals surface area contributed by atoms with Crippen LogP contribution < -0.4 is 51.3 Å². The summed E-state index contributed by atoms with van der Waals surface area (Å²) < 4.78 is 258. The fourth-order valence-corrected chi connectivity index (χ4v) is 20.3. The second-order valence-electron chi connectivity index (χ2n) is 28.7. The maximum atomic E-state index is 17.3. The zero-order valence-electron chi connectivity index (χ0n) is 67.0. The first-order valence-corrected chi connectivity index (χ1v) is 46.6. The number of imidazole rings is 3. The third-order valence-corrected chi connectivity index (χ3v) is 26.6. The minimum atomic E-state index is -6.09. The van der Waals surface area contributed by atoms with Gasteiger partial charge in [-0.2, -0.15) is 9.97 Å². The number of hydrogen-bond acceptors (Lipinski definition) is 47. The lowest BCUT2D eigenvalue weighted by Gasteiger charge is -2.28. The van der Waals surface area contributed by atoms with Crippen LogP contribution in [0.3, 0.4) is 0 Å². The number of hydrogen-bond donors (Lipinski definition) is 12. The van der Waals surface area contributed by atoms with E-state index in [1.54, 1.807) is 0 Å². The summed E-state index contributed by atoms with van der Waals surface area (Å²) in [5, 5.41) is 0. The van der Waals surface area contributed by atoms with Crippen LogP contribution in [0.2, 0.25) is 0 Å². The van der Waals surface area contributed by atoms with E-state index in [1.165, 1.54) is 22.4 Å². The summed E-state index contributed by atoms with van der Waals surface area (Å²) in [5.74, 6) is -1.02. The molecule has 12 unspecified atom stereocenters. The molecule has 0 amide bonds. The van der Waals surface area contributed by atoms with E-state index < -0.39 is 250 Å². The lowest BCUT2D eigenvalue weighted by molar-refractivity contribution is -0.0673. The molecule has 0 radical (unpaired) electrons. The molecule has 0 aliphatic carbocycles. The fraction of sp³-hybridized carbons (Fsp3) is 0.557. The molecule has 130 heavy (non-hydrogen) atoms. The third kappa shape index (κ3) is 20.0. The Morgan fingerprint density at radius 1 is 0.377 bits per heavy atom. The van der Waals surface area contributed by atoms with E-state index >= 15 is 13.2 Å². The molecule has 6 fully saturated rings. The topological polar surface area (TPSA) is 803 Å². The van der Waals surface area contributed by atoms with Gasteiger partial charge in [-0.3, -0.25) is 91.5 Å². The predicted molar refractivity (Wildman–Crippen MR) is 418 cm³/mol. The molecule has 9 aromatic heterocycles. The Labute approximate surface area is 722 Å². The number of fused-ring (bicyclic) bond motifs is 3. The first-order chi connectivity index (χ1) is 61.5. The summed E-state index contributed by atoms with van der Waals surface area (Å²) >= 11 is 0. The number of halogens is 3. The quantitative estimate of drug-likeness (QED) is 0.0199. The molecule has 0 aromatic carbocycles. The normalized spacial score (nSPS) is 32.3. The lowest BCUT2D eigenvalue weighted by Crippen LogP contribution is -2.40. The number of methoxy groups -OCH3 is 3. The highest BCUT2D eigenvalue weighted by Crippen LogP contribution is 2.58. The Kier molecular flexibility index (Phi) is 27.9. The third-order valence-electron chi connectivity index (χ3n) is 20.7. The number of alkyl halides is 3. The molecule has 0 saturated carbocycles. The summed E-state index contributed by atoms with van der Waals surface area (Å²) in [6, 6.07) is 2.91. The van der Waals surface area contributed by atoms with Gasteiger partial charge in [0, 0.05) is 53.1 Å². The van der Waals surface area contributed by atoms with E-state index in [4.69, 9.17) is 121 Å². The number of aromatic amines is 1. The molecule has 6 saturated heterocycles. The summed E-state index contributed by atoms with van der Waals surface area (Å²) in [4.78, 5) is 166. The largest absolute Gasteiger partial charge is 0.472 e. The van der Waals surface area contributed by atoms with Crippen molar-refractivity contribution in [3.05, 3.63) is 117 Å². The van der Waals surface area contributed by atoms with Crippen LogP contribution in [-0.4, -0.2) is 288 Å². The molecule has 15 heterocycles. The maximum Gasteiger partial charge on any atom is 0.472 e. The molecule has 0 bridgehead atoms. The number of ether oxygens (including phenoxy) is 9.